The summed E-state index contributed by atoms with van der Waals surface area (Å²) in [5.74, 6) is 0.722. The highest BCUT2D eigenvalue weighted by molar-refractivity contribution is 7.07. The molecule has 3 heterocycles. The number of aryl methyl sites for hydroxylation is 1. The number of aromatic nitrogens is 1. The van der Waals surface area contributed by atoms with Gasteiger partial charge in [-0.1, -0.05) is 17.4 Å². The zero-order valence-corrected chi connectivity index (χ0v) is 17.5. The van der Waals surface area contributed by atoms with Crippen LogP contribution in [0.4, 0.5) is 0 Å². The van der Waals surface area contributed by atoms with Crippen LogP contribution in [-0.2, 0) is 27.4 Å². The van der Waals surface area contributed by atoms with Gasteiger partial charge in [-0.25, -0.2) is 0 Å². The van der Waals surface area contributed by atoms with Gasteiger partial charge >= 0.3 is 10.8 Å². The van der Waals surface area contributed by atoms with Gasteiger partial charge in [-0.3, -0.25) is 23.9 Å². The number of hydrogen-bond acceptors (Lipinski definition) is 8. The molecule has 1 aromatic heterocycles. The van der Waals surface area contributed by atoms with Gasteiger partial charge in [-0.2, -0.15) is 0 Å². The average molecular weight is 433 g/mol. The molecule has 0 bridgehead atoms. The Bertz CT molecular complexity index is 993. The smallest absolute Gasteiger partial charge is 0.326 e. The molecule has 0 spiro atoms. The lowest BCUT2D eigenvalue weighted by atomic mass is 10.1. The second-order valence-corrected chi connectivity index (χ2v) is 8.06. The van der Waals surface area contributed by atoms with Crippen LogP contribution < -0.4 is 14.3 Å². The third kappa shape index (κ3) is 4.65. The molecule has 30 heavy (non-hydrogen) atoms. The van der Waals surface area contributed by atoms with Crippen LogP contribution in [0.15, 0.2) is 28.4 Å². The summed E-state index contributed by atoms with van der Waals surface area (Å²) in [5, 5.41) is 1.68. The van der Waals surface area contributed by atoms with Crippen LogP contribution in [0.25, 0.3) is 0 Å². The van der Waals surface area contributed by atoms with E-state index in [2.05, 4.69) is 4.90 Å². The quantitative estimate of drug-likeness (QED) is 0.624. The Morgan fingerprint density at radius 3 is 2.63 bits per heavy atom. The summed E-state index contributed by atoms with van der Waals surface area (Å²) in [5.41, 5.74) is 1.83. The van der Waals surface area contributed by atoms with Crippen molar-refractivity contribution in [3.63, 3.8) is 0 Å². The van der Waals surface area contributed by atoms with Gasteiger partial charge in [0.1, 0.15) is 6.54 Å². The molecule has 0 unspecified atom stereocenters. The summed E-state index contributed by atoms with van der Waals surface area (Å²) in [4.78, 5) is 39.7. The average Bonchev–Trinajstić information content (AvgIpc) is 3.34. The molecule has 0 aliphatic carbocycles. The summed E-state index contributed by atoms with van der Waals surface area (Å²) in [7, 11) is 0. The lowest BCUT2D eigenvalue weighted by molar-refractivity contribution is -0.153. The minimum Gasteiger partial charge on any atom is -0.454 e. The number of rotatable bonds is 6. The molecule has 0 N–H and O–H groups in total. The highest BCUT2D eigenvalue weighted by atomic mass is 32.1. The zero-order chi connectivity index (χ0) is 21.1. The third-order valence-electron chi connectivity index (χ3n) is 5.19. The van der Waals surface area contributed by atoms with Gasteiger partial charge in [0, 0.05) is 43.8 Å². The predicted molar refractivity (Wildman–Crippen MR) is 109 cm³/mol. The van der Waals surface area contributed by atoms with Crippen molar-refractivity contribution in [1.82, 2.24) is 14.4 Å². The molecule has 9 nitrogen and oxygen atoms in total. The molecule has 0 atom stereocenters. The van der Waals surface area contributed by atoms with E-state index >= 15 is 0 Å². The Balaban J connectivity index is 1.20. The first-order valence-corrected chi connectivity index (χ1v) is 10.6. The Hall–Kier alpha value is -2.85. The van der Waals surface area contributed by atoms with Crippen LogP contribution >= 0.6 is 11.3 Å². The normalized spacial score (nSPS) is 16.0. The van der Waals surface area contributed by atoms with E-state index in [1.807, 2.05) is 18.2 Å². The van der Waals surface area contributed by atoms with Crippen molar-refractivity contribution in [2.45, 2.75) is 20.0 Å². The number of carbonyl (C=O) groups is 2. The number of ether oxygens (including phenoxy) is 3. The first-order valence-electron chi connectivity index (χ1n) is 9.69. The van der Waals surface area contributed by atoms with Gasteiger partial charge in [0.05, 0.1) is 0 Å². The van der Waals surface area contributed by atoms with Gasteiger partial charge < -0.3 is 19.1 Å². The number of piperazine rings is 1. The molecule has 0 saturated carbocycles. The summed E-state index contributed by atoms with van der Waals surface area (Å²) < 4.78 is 17.2. The summed E-state index contributed by atoms with van der Waals surface area (Å²) in [6, 6.07) is 5.92. The van der Waals surface area contributed by atoms with Crippen molar-refractivity contribution in [3.8, 4) is 11.5 Å². The molecular formula is C20H23N3O6S. The van der Waals surface area contributed by atoms with Crippen LogP contribution in [0.3, 0.4) is 0 Å². The zero-order valence-electron chi connectivity index (χ0n) is 16.7. The molecule has 2 aliphatic rings. The minimum absolute atomic E-state index is 0.176. The van der Waals surface area contributed by atoms with Crippen molar-refractivity contribution in [1.29, 1.82) is 0 Å². The van der Waals surface area contributed by atoms with E-state index in [0.717, 1.165) is 48.0 Å². The van der Waals surface area contributed by atoms with Crippen LogP contribution in [0.2, 0.25) is 0 Å². The monoisotopic (exact) mass is 433 g/mol. The first kappa shape index (κ1) is 20.4. The van der Waals surface area contributed by atoms with Gasteiger partial charge in [0.25, 0.3) is 5.91 Å². The van der Waals surface area contributed by atoms with Gasteiger partial charge in [0.2, 0.25) is 6.79 Å². The van der Waals surface area contributed by atoms with Gasteiger partial charge in [-0.15, -0.1) is 0 Å². The molecule has 2 aromatic rings. The maximum absolute atomic E-state index is 12.4. The first-order chi connectivity index (χ1) is 14.5. The number of fused-ring (bicyclic) bond motifs is 1. The van der Waals surface area contributed by atoms with E-state index in [9.17, 15) is 14.4 Å². The Kier molecular flexibility index (Phi) is 6.05. The Labute approximate surface area is 177 Å². The molecule has 0 radical (unpaired) electrons. The number of thiazole rings is 1. The minimum atomic E-state index is -0.589. The highest BCUT2D eigenvalue weighted by Gasteiger charge is 2.23. The molecular weight excluding hydrogens is 410 g/mol. The fourth-order valence-corrected chi connectivity index (χ4v) is 4.19. The fourth-order valence-electron chi connectivity index (χ4n) is 3.46. The number of esters is 1. The van der Waals surface area contributed by atoms with E-state index < -0.39 is 5.97 Å². The predicted octanol–water partition coefficient (Wildman–Crippen LogP) is 0.835. The molecule has 1 amide bonds. The number of hydrogen-bond donors (Lipinski definition) is 0. The highest BCUT2D eigenvalue weighted by Crippen LogP contribution is 2.32. The van der Waals surface area contributed by atoms with Crippen molar-refractivity contribution < 1.29 is 23.8 Å². The Morgan fingerprint density at radius 2 is 1.90 bits per heavy atom. The van der Waals surface area contributed by atoms with E-state index in [0.29, 0.717) is 18.8 Å². The van der Waals surface area contributed by atoms with Crippen LogP contribution in [0.5, 0.6) is 11.5 Å². The summed E-state index contributed by atoms with van der Waals surface area (Å²) in [6.07, 6.45) is 0. The number of nitrogens with zero attached hydrogens (tertiary/aromatic N) is 3. The molecule has 1 saturated heterocycles. The second kappa shape index (κ2) is 8.88. The molecule has 1 aromatic carbocycles. The van der Waals surface area contributed by atoms with Crippen molar-refractivity contribution in [3.05, 3.63) is 44.5 Å². The summed E-state index contributed by atoms with van der Waals surface area (Å²) in [6.45, 7) is 4.91. The molecule has 160 valence electrons. The maximum Gasteiger partial charge on any atom is 0.326 e. The maximum atomic E-state index is 12.4. The number of amides is 1. The SMILES string of the molecule is Cc1csc(=O)n1CC(=O)OCC(=O)N1CCN(Cc2ccc3c(c2)OCO3)CC1. The van der Waals surface area contributed by atoms with E-state index in [-0.39, 0.29) is 30.7 Å². The van der Waals surface area contributed by atoms with E-state index in [1.54, 1.807) is 17.2 Å². The largest absolute Gasteiger partial charge is 0.454 e. The van der Waals surface area contributed by atoms with Crippen molar-refractivity contribution in [2.75, 3.05) is 39.6 Å². The van der Waals surface area contributed by atoms with Crippen molar-refractivity contribution in [2.24, 2.45) is 0 Å². The van der Waals surface area contributed by atoms with Gasteiger partial charge in [0.15, 0.2) is 18.1 Å². The summed E-state index contributed by atoms with van der Waals surface area (Å²) >= 11 is 1.03. The van der Waals surface area contributed by atoms with Crippen LogP contribution in [0, 0.1) is 6.92 Å². The topological polar surface area (TPSA) is 90.3 Å². The standard InChI is InChI=1S/C20H23N3O6S/c1-14-12-30-20(26)23(14)10-19(25)27-11-18(24)22-6-4-21(5-7-22)9-15-2-3-16-17(8-15)29-13-28-16/h2-3,8,12H,4-7,9-11,13H2,1H3. The molecule has 4 rings (SSSR count). The Morgan fingerprint density at radius 1 is 1.13 bits per heavy atom. The molecule has 1 fully saturated rings. The van der Waals surface area contributed by atoms with E-state index in [4.69, 9.17) is 14.2 Å². The number of carbonyl (C=O) groups excluding carboxylic acids is 2. The lowest BCUT2D eigenvalue weighted by Gasteiger charge is -2.34. The van der Waals surface area contributed by atoms with E-state index in [1.165, 1.54) is 4.57 Å². The molecule has 2 aliphatic heterocycles. The third-order valence-corrected chi connectivity index (χ3v) is 6.07. The fraction of sp³-hybridized carbons (Fsp3) is 0.450. The molecule has 10 heteroatoms. The second-order valence-electron chi connectivity index (χ2n) is 7.23. The van der Waals surface area contributed by atoms with Crippen LogP contribution in [0.1, 0.15) is 11.3 Å². The lowest BCUT2D eigenvalue weighted by Crippen LogP contribution is -2.49. The van der Waals surface area contributed by atoms with Crippen LogP contribution in [-0.4, -0.2) is 65.8 Å². The number of benzene rings is 1. The van der Waals surface area contributed by atoms with Crippen molar-refractivity contribution >= 4 is 23.2 Å². The van der Waals surface area contributed by atoms with Gasteiger partial charge in [-0.05, 0) is 24.6 Å².